The van der Waals surface area contributed by atoms with Crippen LogP contribution in [0, 0.1) is 0 Å². The first-order chi connectivity index (χ1) is 6.97. The number of amides is 2. The van der Waals surface area contributed by atoms with E-state index in [1.54, 1.807) is 6.92 Å². The Kier molecular flexibility index (Phi) is 5.84. The molecule has 7 nitrogen and oxygen atoms in total. The molecule has 15 heavy (non-hydrogen) atoms. The largest absolute Gasteiger partial charge is 0.465 e. The van der Waals surface area contributed by atoms with Gasteiger partial charge < -0.3 is 20.9 Å². The van der Waals surface area contributed by atoms with Crippen molar-refractivity contribution in [3.8, 4) is 0 Å². The zero-order valence-electron chi connectivity index (χ0n) is 8.36. The van der Waals surface area contributed by atoms with E-state index in [4.69, 9.17) is 10.8 Å². The first-order valence-corrected chi connectivity index (χ1v) is 4.41. The lowest BCUT2D eigenvalue weighted by molar-refractivity contribution is -0.145. The second-order valence-electron chi connectivity index (χ2n) is 2.76. The Morgan fingerprint density at radius 3 is 2.47 bits per heavy atom. The lowest BCUT2D eigenvalue weighted by Crippen LogP contribution is -2.41. The van der Waals surface area contributed by atoms with Crippen molar-refractivity contribution < 1.29 is 24.2 Å². The molecule has 0 spiro atoms. The van der Waals surface area contributed by atoms with E-state index in [1.165, 1.54) is 0 Å². The Balaban J connectivity index is 4.23. The van der Waals surface area contributed by atoms with Crippen LogP contribution in [0.2, 0.25) is 0 Å². The summed E-state index contributed by atoms with van der Waals surface area (Å²) in [5.41, 5.74) is 4.88. The summed E-state index contributed by atoms with van der Waals surface area (Å²) in [5.74, 6) is -1.31. The van der Waals surface area contributed by atoms with E-state index in [2.05, 4.69) is 4.74 Å². The van der Waals surface area contributed by atoms with E-state index in [1.807, 2.05) is 5.32 Å². The van der Waals surface area contributed by atoms with Gasteiger partial charge in [0.15, 0.2) is 0 Å². The van der Waals surface area contributed by atoms with Crippen LogP contribution in [-0.2, 0) is 14.3 Å². The van der Waals surface area contributed by atoms with Crippen molar-refractivity contribution >= 4 is 18.0 Å². The number of carbonyl (C=O) groups is 3. The smallest absolute Gasteiger partial charge is 0.405 e. The zero-order valence-corrected chi connectivity index (χ0v) is 8.36. The number of nitrogens with two attached hydrogens (primary N) is 1. The topological polar surface area (TPSA) is 119 Å². The Hall–Kier alpha value is -1.79. The third-order valence-corrected chi connectivity index (χ3v) is 1.55. The van der Waals surface area contributed by atoms with Gasteiger partial charge in [-0.25, -0.2) is 9.59 Å². The minimum Gasteiger partial charge on any atom is -0.465 e. The van der Waals surface area contributed by atoms with E-state index in [0.717, 1.165) is 0 Å². The lowest BCUT2D eigenvalue weighted by Gasteiger charge is -2.14. The highest BCUT2D eigenvalue weighted by Gasteiger charge is 2.21. The van der Waals surface area contributed by atoms with Crippen molar-refractivity contribution in [2.45, 2.75) is 25.8 Å². The Morgan fingerprint density at radius 2 is 2.07 bits per heavy atom. The van der Waals surface area contributed by atoms with Gasteiger partial charge in [-0.3, -0.25) is 4.79 Å². The predicted molar refractivity (Wildman–Crippen MR) is 50.0 cm³/mol. The third kappa shape index (κ3) is 6.30. The number of primary amides is 1. The molecule has 2 amide bonds. The van der Waals surface area contributed by atoms with E-state index in [9.17, 15) is 14.4 Å². The fourth-order valence-corrected chi connectivity index (χ4v) is 0.927. The second-order valence-corrected chi connectivity index (χ2v) is 2.76. The summed E-state index contributed by atoms with van der Waals surface area (Å²) in [6.07, 6.45) is -1.43. The number of rotatable bonds is 6. The molecule has 1 atom stereocenters. The second kappa shape index (κ2) is 6.63. The van der Waals surface area contributed by atoms with Crippen LogP contribution in [0.1, 0.15) is 19.8 Å². The molecule has 7 heteroatoms. The molecule has 0 saturated carbocycles. The summed E-state index contributed by atoms with van der Waals surface area (Å²) in [7, 11) is 0. The molecule has 0 rings (SSSR count). The summed E-state index contributed by atoms with van der Waals surface area (Å²) in [5, 5.41) is 10.4. The molecule has 0 fully saturated rings. The zero-order chi connectivity index (χ0) is 11.8. The maximum atomic E-state index is 11.2. The molecular formula is C8H14N2O5. The van der Waals surface area contributed by atoms with Gasteiger partial charge in [-0.1, -0.05) is 0 Å². The van der Waals surface area contributed by atoms with Crippen LogP contribution in [0.4, 0.5) is 4.79 Å². The fourth-order valence-electron chi connectivity index (χ4n) is 0.927. The SMILES string of the molecule is CCOC(=O)C(CCC(N)=O)NC(=O)O. The van der Waals surface area contributed by atoms with Crippen LogP contribution in [0.5, 0.6) is 0 Å². The van der Waals surface area contributed by atoms with Crippen LogP contribution < -0.4 is 11.1 Å². The van der Waals surface area contributed by atoms with Gasteiger partial charge in [-0.15, -0.1) is 0 Å². The molecule has 4 N–H and O–H groups in total. The Morgan fingerprint density at radius 1 is 1.47 bits per heavy atom. The quantitative estimate of drug-likeness (QED) is 0.517. The van der Waals surface area contributed by atoms with Crippen LogP contribution >= 0.6 is 0 Å². The highest BCUT2D eigenvalue weighted by Crippen LogP contribution is 2.00. The molecule has 0 aromatic rings. The molecule has 1 unspecified atom stereocenters. The number of hydrogen-bond donors (Lipinski definition) is 3. The molecule has 0 aliphatic heterocycles. The van der Waals surface area contributed by atoms with Gasteiger partial charge >= 0.3 is 12.1 Å². The van der Waals surface area contributed by atoms with Gasteiger partial charge in [-0.05, 0) is 13.3 Å². The maximum absolute atomic E-state index is 11.2. The molecule has 0 aromatic heterocycles. The molecule has 0 radical (unpaired) electrons. The molecular weight excluding hydrogens is 204 g/mol. The van der Waals surface area contributed by atoms with Crippen LogP contribution in [-0.4, -0.2) is 35.7 Å². The highest BCUT2D eigenvalue weighted by molar-refractivity contribution is 5.82. The number of esters is 1. The van der Waals surface area contributed by atoms with Crippen LogP contribution in [0.3, 0.4) is 0 Å². The van der Waals surface area contributed by atoms with Crippen molar-refractivity contribution in [2.75, 3.05) is 6.61 Å². The van der Waals surface area contributed by atoms with Gasteiger partial charge in [0.1, 0.15) is 6.04 Å². The fraction of sp³-hybridized carbons (Fsp3) is 0.625. The summed E-state index contributed by atoms with van der Waals surface area (Å²) in [6, 6.07) is -1.05. The van der Waals surface area contributed by atoms with Crippen molar-refractivity contribution in [3.05, 3.63) is 0 Å². The summed E-state index contributed by atoms with van der Waals surface area (Å²) in [4.78, 5) is 32.0. The summed E-state index contributed by atoms with van der Waals surface area (Å²) >= 11 is 0. The molecule has 0 bridgehead atoms. The van der Waals surface area contributed by atoms with Crippen LogP contribution in [0.25, 0.3) is 0 Å². The predicted octanol–water partition coefficient (Wildman–Crippen LogP) is -0.549. The summed E-state index contributed by atoms with van der Waals surface area (Å²) in [6.45, 7) is 1.75. The van der Waals surface area contributed by atoms with Crippen molar-refractivity contribution in [2.24, 2.45) is 5.73 Å². The van der Waals surface area contributed by atoms with Crippen LogP contribution in [0.15, 0.2) is 0 Å². The average Bonchev–Trinajstić information content (AvgIpc) is 2.11. The number of nitrogens with one attached hydrogen (secondary N) is 1. The van der Waals surface area contributed by atoms with Crippen molar-refractivity contribution in [3.63, 3.8) is 0 Å². The lowest BCUT2D eigenvalue weighted by atomic mass is 10.1. The van der Waals surface area contributed by atoms with E-state index < -0.39 is 24.0 Å². The van der Waals surface area contributed by atoms with E-state index in [-0.39, 0.29) is 19.4 Å². The van der Waals surface area contributed by atoms with Crippen molar-refractivity contribution in [1.29, 1.82) is 0 Å². The Labute approximate surface area is 86.6 Å². The van der Waals surface area contributed by atoms with E-state index in [0.29, 0.717) is 0 Å². The number of hydrogen-bond acceptors (Lipinski definition) is 4. The molecule has 0 heterocycles. The van der Waals surface area contributed by atoms with Gasteiger partial charge in [0, 0.05) is 6.42 Å². The van der Waals surface area contributed by atoms with E-state index >= 15 is 0 Å². The summed E-state index contributed by atoms with van der Waals surface area (Å²) < 4.78 is 4.62. The number of carbonyl (C=O) groups excluding carboxylic acids is 2. The maximum Gasteiger partial charge on any atom is 0.405 e. The first-order valence-electron chi connectivity index (χ1n) is 4.41. The number of carboxylic acid groups (broad SMARTS) is 1. The average molecular weight is 218 g/mol. The molecule has 86 valence electrons. The van der Waals surface area contributed by atoms with Crippen molar-refractivity contribution in [1.82, 2.24) is 5.32 Å². The highest BCUT2D eigenvalue weighted by atomic mass is 16.5. The monoisotopic (exact) mass is 218 g/mol. The minimum atomic E-state index is -1.35. The van der Waals surface area contributed by atoms with Gasteiger partial charge in [0.25, 0.3) is 0 Å². The standard InChI is InChI=1S/C8H14N2O5/c1-2-15-7(12)5(10-8(13)14)3-4-6(9)11/h5,10H,2-4H2,1H3,(H2,9,11)(H,13,14). The molecule has 0 aromatic carbocycles. The van der Waals surface area contributed by atoms with Gasteiger partial charge in [0.2, 0.25) is 5.91 Å². The normalized spacial score (nSPS) is 11.5. The van der Waals surface area contributed by atoms with Gasteiger partial charge in [-0.2, -0.15) is 0 Å². The molecule has 0 saturated heterocycles. The Bertz CT molecular complexity index is 253. The third-order valence-electron chi connectivity index (χ3n) is 1.55. The minimum absolute atomic E-state index is 0.000463. The molecule has 0 aliphatic carbocycles. The van der Waals surface area contributed by atoms with Gasteiger partial charge in [0.05, 0.1) is 6.61 Å². The molecule has 0 aliphatic rings. The number of ether oxygens (including phenoxy) is 1. The first kappa shape index (κ1) is 13.2.